The highest BCUT2D eigenvalue weighted by Crippen LogP contribution is 2.21. The fourth-order valence-electron chi connectivity index (χ4n) is 3.02. The Bertz CT molecular complexity index is 845. The summed E-state index contributed by atoms with van der Waals surface area (Å²) >= 11 is 1.45. The highest BCUT2D eigenvalue weighted by molar-refractivity contribution is 8.00. The van der Waals surface area contributed by atoms with Gasteiger partial charge in [0.1, 0.15) is 11.9 Å². The molecule has 162 valence electrons. The molecule has 0 aromatic heterocycles. The molecule has 0 heterocycles. The van der Waals surface area contributed by atoms with Crippen LogP contribution in [0, 0.1) is 12.7 Å². The van der Waals surface area contributed by atoms with Crippen molar-refractivity contribution in [3.05, 3.63) is 65.5 Å². The average molecular weight is 431 g/mol. The van der Waals surface area contributed by atoms with Gasteiger partial charge in [0, 0.05) is 17.0 Å². The van der Waals surface area contributed by atoms with Crippen LogP contribution in [0.25, 0.3) is 0 Å². The van der Waals surface area contributed by atoms with E-state index >= 15 is 0 Å². The number of hydrogen-bond acceptors (Lipinski definition) is 3. The number of amides is 2. The number of nitrogens with one attached hydrogen (secondary N) is 1. The quantitative estimate of drug-likeness (QED) is 0.603. The van der Waals surface area contributed by atoms with Crippen molar-refractivity contribution in [3.63, 3.8) is 0 Å². The highest BCUT2D eigenvalue weighted by atomic mass is 32.2. The molecule has 2 aromatic carbocycles. The number of thioether (sulfide) groups is 1. The fourth-order valence-corrected chi connectivity index (χ4v) is 3.81. The fraction of sp³-hybridized carbons (Fsp3) is 0.417. The Kier molecular flexibility index (Phi) is 8.47. The summed E-state index contributed by atoms with van der Waals surface area (Å²) in [5.74, 6) is -0.408. The number of halogens is 1. The molecule has 2 aromatic rings. The summed E-state index contributed by atoms with van der Waals surface area (Å²) in [7, 11) is 0. The zero-order valence-electron chi connectivity index (χ0n) is 18.4. The molecule has 30 heavy (non-hydrogen) atoms. The molecule has 1 atom stereocenters. The zero-order chi connectivity index (χ0) is 22.3. The smallest absolute Gasteiger partial charge is 0.243 e. The van der Waals surface area contributed by atoms with E-state index in [1.165, 1.54) is 23.9 Å². The van der Waals surface area contributed by atoms with Crippen LogP contribution in [0.15, 0.2) is 53.4 Å². The molecule has 0 bridgehead atoms. The molecule has 1 N–H and O–H groups in total. The number of rotatable bonds is 8. The molecule has 0 fully saturated rings. The molecule has 0 saturated heterocycles. The van der Waals surface area contributed by atoms with Gasteiger partial charge in [-0.3, -0.25) is 9.59 Å². The minimum Gasteiger partial charge on any atom is -0.350 e. The van der Waals surface area contributed by atoms with E-state index in [0.717, 1.165) is 16.0 Å². The molecule has 0 aliphatic rings. The van der Waals surface area contributed by atoms with E-state index in [1.54, 1.807) is 17.0 Å². The Labute approximate surface area is 183 Å². The van der Waals surface area contributed by atoms with E-state index in [4.69, 9.17) is 0 Å². The molecule has 0 radical (unpaired) electrons. The van der Waals surface area contributed by atoms with Crippen LogP contribution in [0.1, 0.15) is 45.2 Å². The Balaban J connectivity index is 2.21. The second kappa shape index (κ2) is 10.6. The van der Waals surface area contributed by atoms with E-state index < -0.39 is 11.6 Å². The van der Waals surface area contributed by atoms with Crippen LogP contribution in [0.5, 0.6) is 0 Å². The van der Waals surface area contributed by atoms with Crippen molar-refractivity contribution < 1.29 is 14.0 Å². The minimum atomic E-state index is -0.597. The molecule has 2 rings (SSSR count). The molecule has 0 aliphatic carbocycles. The van der Waals surface area contributed by atoms with Gasteiger partial charge < -0.3 is 10.2 Å². The van der Waals surface area contributed by atoms with Gasteiger partial charge in [-0.15, -0.1) is 11.8 Å². The zero-order valence-corrected chi connectivity index (χ0v) is 19.2. The monoisotopic (exact) mass is 430 g/mol. The molecular formula is C24H31FN2O2S. The molecule has 0 aliphatic heterocycles. The van der Waals surface area contributed by atoms with Crippen molar-refractivity contribution in [1.29, 1.82) is 0 Å². The van der Waals surface area contributed by atoms with Crippen molar-refractivity contribution in [2.75, 3.05) is 5.75 Å². The molecule has 0 unspecified atom stereocenters. The third-order valence-electron chi connectivity index (χ3n) is 4.53. The summed E-state index contributed by atoms with van der Waals surface area (Å²) in [6.45, 7) is 9.91. The average Bonchev–Trinajstić information content (AvgIpc) is 2.67. The molecule has 0 saturated carbocycles. The van der Waals surface area contributed by atoms with Crippen LogP contribution in [0.3, 0.4) is 0 Å². The first-order valence-electron chi connectivity index (χ1n) is 10.1. The van der Waals surface area contributed by atoms with E-state index in [0.29, 0.717) is 6.42 Å². The summed E-state index contributed by atoms with van der Waals surface area (Å²) in [6, 6.07) is 13.4. The number of hydrogen-bond donors (Lipinski definition) is 1. The molecular weight excluding hydrogens is 399 g/mol. The number of aryl methyl sites for hydroxylation is 1. The first kappa shape index (κ1) is 23.9. The van der Waals surface area contributed by atoms with Gasteiger partial charge in [0.05, 0.1) is 5.75 Å². The Morgan fingerprint density at radius 3 is 2.20 bits per heavy atom. The third-order valence-corrected chi connectivity index (χ3v) is 5.53. The number of carbonyl (C=O) groups is 2. The van der Waals surface area contributed by atoms with Gasteiger partial charge in [0.15, 0.2) is 0 Å². The highest BCUT2D eigenvalue weighted by Gasteiger charge is 2.30. The van der Waals surface area contributed by atoms with Crippen LogP contribution >= 0.6 is 11.8 Å². The Hall–Kier alpha value is -2.34. The maximum absolute atomic E-state index is 13.3. The number of nitrogens with zero attached hydrogens (tertiary/aromatic N) is 1. The molecule has 0 spiro atoms. The van der Waals surface area contributed by atoms with Crippen LogP contribution in [-0.4, -0.2) is 34.0 Å². The van der Waals surface area contributed by atoms with Crippen molar-refractivity contribution in [1.82, 2.24) is 10.2 Å². The van der Waals surface area contributed by atoms with Gasteiger partial charge in [-0.25, -0.2) is 4.39 Å². The van der Waals surface area contributed by atoms with E-state index in [-0.39, 0.29) is 29.9 Å². The lowest BCUT2D eigenvalue weighted by Gasteiger charge is -2.33. The van der Waals surface area contributed by atoms with E-state index in [9.17, 15) is 14.0 Å². The lowest BCUT2D eigenvalue weighted by Crippen LogP contribution is -2.53. The number of benzene rings is 2. The van der Waals surface area contributed by atoms with Crippen LogP contribution in [0.2, 0.25) is 0 Å². The van der Waals surface area contributed by atoms with Gasteiger partial charge in [0.2, 0.25) is 11.8 Å². The number of carbonyl (C=O) groups excluding carboxylic acids is 2. The van der Waals surface area contributed by atoms with Crippen molar-refractivity contribution in [2.24, 2.45) is 0 Å². The van der Waals surface area contributed by atoms with Gasteiger partial charge in [-0.2, -0.15) is 0 Å². The summed E-state index contributed by atoms with van der Waals surface area (Å²) in [4.78, 5) is 28.7. The van der Waals surface area contributed by atoms with Gasteiger partial charge >= 0.3 is 0 Å². The maximum atomic E-state index is 13.3. The first-order valence-corrected chi connectivity index (χ1v) is 11.1. The van der Waals surface area contributed by atoms with Gasteiger partial charge in [-0.1, -0.05) is 36.8 Å². The summed E-state index contributed by atoms with van der Waals surface area (Å²) < 4.78 is 13.3. The topological polar surface area (TPSA) is 49.4 Å². The second-order valence-electron chi connectivity index (χ2n) is 8.41. The van der Waals surface area contributed by atoms with Crippen LogP contribution in [0.4, 0.5) is 4.39 Å². The van der Waals surface area contributed by atoms with Crippen LogP contribution < -0.4 is 5.32 Å². The maximum Gasteiger partial charge on any atom is 0.243 e. The lowest BCUT2D eigenvalue weighted by atomic mass is 10.1. The largest absolute Gasteiger partial charge is 0.350 e. The van der Waals surface area contributed by atoms with Crippen molar-refractivity contribution in [2.45, 2.75) is 64.1 Å². The van der Waals surface area contributed by atoms with E-state index in [1.807, 2.05) is 58.9 Å². The summed E-state index contributed by atoms with van der Waals surface area (Å²) in [6.07, 6.45) is 0.490. The standard InChI is InChI=1S/C24H31FN2O2S/c1-6-21(23(29)26-24(3,4)5)27(15-18-9-11-19(25)12-10-18)22(28)16-30-20-13-7-17(2)8-14-20/h7-14,21H,6,15-16H2,1-5H3,(H,26,29)/t21-/m1/s1. The molecule has 4 nitrogen and oxygen atoms in total. The predicted octanol–water partition coefficient (Wildman–Crippen LogP) is 4.95. The normalized spacial score (nSPS) is 12.3. The SMILES string of the molecule is CC[C@H](C(=O)NC(C)(C)C)N(Cc1ccc(F)cc1)C(=O)CSc1ccc(C)cc1. The Morgan fingerprint density at radius 2 is 1.67 bits per heavy atom. The van der Waals surface area contributed by atoms with Crippen molar-refractivity contribution in [3.8, 4) is 0 Å². The minimum absolute atomic E-state index is 0.124. The molecule has 2 amide bonds. The molecule has 6 heteroatoms. The van der Waals surface area contributed by atoms with Crippen LogP contribution in [-0.2, 0) is 16.1 Å². The third kappa shape index (κ3) is 7.48. The second-order valence-corrected chi connectivity index (χ2v) is 9.46. The summed E-state index contributed by atoms with van der Waals surface area (Å²) in [5.41, 5.74) is 1.55. The predicted molar refractivity (Wildman–Crippen MR) is 121 cm³/mol. The Morgan fingerprint density at radius 1 is 1.07 bits per heavy atom. The summed E-state index contributed by atoms with van der Waals surface area (Å²) in [5, 5.41) is 2.98. The lowest BCUT2D eigenvalue weighted by molar-refractivity contribution is -0.140. The van der Waals surface area contributed by atoms with Gasteiger partial charge in [0.25, 0.3) is 0 Å². The van der Waals surface area contributed by atoms with E-state index in [2.05, 4.69) is 5.32 Å². The first-order chi connectivity index (χ1) is 14.1. The van der Waals surface area contributed by atoms with Gasteiger partial charge in [-0.05, 0) is 63.9 Å². The van der Waals surface area contributed by atoms with Crippen molar-refractivity contribution >= 4 is 23.6 Å².